The molecule has 2 unspecified atom stereocenters. The molecule has 0 radical (unpaired) electrons. The van der Waals surface area contributed by atoms with Crippen molar-refractivity contribution in [1.29, 1.82) is 0 Å². The van der Waals surface area contributed by atoms with E-state index in [1.54, 1.807) is 0 Å². The van der Waals surface area contributed by atoms with Gasteiger partial charge in [0.15, 0.2) is 0 Å². The van der Waals surface area contributed by atoms with Crippen LogP contribution in [-0.2, 0) is 13.0 Å². The van der Waals surface area contributed by atoms with Crippen molar-refractivity contribution in [1.82, 2.24) is 9.55 Å². The average molecular weight is 402 g/mol. The van der Waals surface area contributed by atoms with Gasteiger partial charge in [0, 0.05) is 35.0 Å². The van der Waals surface area contributed by atoms with Crippen molar-refractivity contribution in [3.63, 3.8) is 0 Å². The average Bonchev–Trinajstić information content (AvgIpc) is 3.17. The zero-order valence-electron chi connectivity index (χ0n) is 13.7. The quantitative estimate of drug-likeness (QED) is 0.591. The summed E-state index contributed by atoms with van der Waals surface area (Å²) in [6.45, 7) is 3.36. The van der Waals surface area contributed by atoms with Gasteiger partial charge < -0.3 is 9.77 Å². The number of imidazole rings is 1. The van der Waals surface area contributed by atoms with Crippen LogP contribution in [0.25, 0.3) is 0 Å². The van der Waals surface area contributed by atoms with Crippen LogP contribution >= 0.6 is 35.1 Å². The van der Waals surface area contributed by atoms with Crippen LogP contribution in [0.2, 0.25) is 5.02 Å². The molecular weight excluding hydrogens is 382 g/mol. The highest BCUT2D eigenvalue weighted by Gasteiger charge is 2.39. The summed E-state index contributed by atoms with van der Waals surface area (Å²) in [5.74, 6) is 1.24. The summed E-state index contributed by atoms with van der Waals surface area (Å²) in [4.78, 5) is 12.5. The maximum absolute atomic E-state index is 8.36. The molecule has 1 saturated heterocycles. The number of aryl methyl sites for hydroxylation is 1. The summed E-state index contributed by atoms with van der Waals surface area (Å²) in [5.41, 5.74) is 1.37. The molecule has 0 bridgehead atoms. The number of thioether (sulfide) groups is 2. The molecule has 0 amide bonds. The summed E-state index contributed by atoms with van der Waals surface area (Å²) < 4.78 is 2.47. The predicted octanol–water partition coefficient (Wildman–Crippen LogP) is 4.39. The molecule has 0 aliphatic carbocycles. The summed E-state index contributed by atoms with van der Waals surface area (Å²) in [5, 5.41) is 15.2. The highest BCUT2D eigenvalue weighted by atomic mass is 35.5. The van der Waals surface area contributed by atoms with Crippen LogP contribution in [0.4, 0.5) is 0 Å². The Morgan fingerprint density at radius 3 is 2.68 bits per heavy atom. The molecule has 9 heteroatoms. The lowest BCUT2D eigenvalue weighted by atomic mass is 10.1. The van der Waals surface area contributed by atoms with E-state index in [0.717, 1.165) is 23.2 Å². The second kappa shape index (κ2) is 9.35. The number of rotatable bonds is 5. The van der Waals surface area contributed by atoms with Crippen LogP contribution in [0.1, 0.15) is 18.9 Å². The Morgan fingerprint density at radius 1 is 1.48 bits per heavy atom. The Kier molecular flexibility index (Phi) is 7.46. The number of hydrogen-bond acceptors (Lipinski definition) is 5. The molecule has 25 heavy (non-hydrogen) atoms. The second-order valence-electron chi connectivity index (χ2n) is 5.75. The van der Waals surface area contributed by atoms with Gasteiger partial charge in [0.1, 0.15) is 0 Å². The van der Waals surface area contributed by atoms with Crippen molar-refractivity contribution in [2.45, 2.75) is 35.6 Å². The van der Waals surface area contributed by atoms with Crippen LogP contribution < -0.4 is 0 Å². The molecule has 1 aromatic carbocycles. The molecule has 136 valence electrons. The first-order valence-corrected chi connectivity index (χ1v) is 9.98. The van der Waals surface area contributed by atoms with Crippen molar-refractivity contribution in [3.8, 4) is 0 Å². The Morgan fingerprint density at radius 2 is 2.16 bits per heavy atom. The van der Waals surface area contributed by atoms with Gasteiger partial charge in [0.2, 0.25) is 0 Å². The number of hydrogen-bond donors (Lipinski definition) is 1. The van der Waals surface area contributed by atoms with Crippen LogP contribution in [0.15, 0.2) is 43.0 Å². The van der Waals surface area contributed by atoms with E-state index < -0.39 is 5.09 Å². The van der Waals surface area contributed by atoms with Crippen LogP contribution in [0.5, 0.6) is 0 Å². The Labute approximate surface area is 160 Å². The maximum atomic E-state index is 8.36. The van der Waals surface area contributed by atoms with Gasteiger partial charge in [-0.2, -0.15) is 0 Å². The van der Waals surface area contributed by atoms with E-state index in [-0.39, 0.29) is 4.08 Å². The van der Waals surface area contributed by atoms with Crippen molar-refractivity contribution in [2.75, 3.05) is 5.75 Å². The van der Waals surface area contributed by atoms with Crippen molar-refractivity contribution in [3.05, 3.63) is 63.7 Å². The summed E-state index contributed by atoms with van der Waals surface area (Å²) in [7, 11) is 0. The largest absolute Gasteiger partial charge is 0.335 e. The standard InChI is InChI=1S/C16H19ClN2S2.HNO3/c1-13-10-20-16(21-13,11-19-9-8-18-12-19)7-6-14-2-4-15(17)5-3-14;2-1(3)4/h2-5,8-9,12-13H,6-7,10-11H2,1H3;(H,2,3,4). The minimum Gasteiger partial charge on any atom is -0.335 e. The van der Waals surface area contributed by atoms with E-state index in [9.17, 15) is 0 Å². The molecule has 3 rings (SSSR count). The van der Waals surface area contributed by atoms with Crippen LogP contribution in [0.3, 0.4) is 0 Å². The van der Waals surface area contributed by atoms with Crippen molar-refractivity contribution < 1.29 is 10.3 Å². The van der Waals surface area contributed by atoms with Gasteiger partial charge in [-0.3, -0.25) is 0 Å². The topological polar surface area (TPSA) is 81.2 Å². The third-order valence-electron chi connectivity index (χ3n) is 3.69. The number of aromatic nitrogens is 2. The summed E-state index contributed by atoms with van der Waals surface area (Å²) >= 11 is 10.2. The fourth-order valence-electron chi connectivity index (χ4n) is 2.64. The van der Waals surface area contributed by atoms with Gasteiger partial charge in [0.25, 0.3) is 5.09 Å². The first-order chi connectivity index (χ1) is 11.9. The molecule has 1 aromatic heterocycles. The second-order valence-corrected chi connectivity index (χ2v) is 9.67. The maximum Gasteiger partial charge on any atom is 0.291 e. The molecule has 1 aliphatic heterocycles. The smallest absolute Gasteiger partial charge is 0.291 e. The Hall–Kier alpha value is -1.38. The normalized spacial score (nSPS) is 22.2. The molecule has 6 nitrogen and oxygen atoms in total. The molecule has 2 aromatic rings. The van der Waals surface area contributed by atoms with Crippen molar-refractivity contribution in [2.24, 2.45) is 0 Å². The first kappa shape index (κ1) is 19.9. The van der Waals surface area contributed by atoms with Crippen LogP contribution in [-0.4, -0.2) is 34.9 Å². The minimum absolute atomic E-state index is 0.264. The molecule has 1 aliphatic rings. The van der Waals surface area contributed by atoms with E-state index in [1.165, 1.54) is 17.7 Å². The van der Waals surface area contributed by atoms with Crippen molar-refractivity contribution >= 4 is 35.1 Å². The summed E-state index contributed by atoms with van der Waals surface area (Å²) in [6.07, 6.45) is 8.12. The summed E-state index contributed by atoms with van der Waals surface area (Å²) in [6, 6.07) is 8.25. The molecular formula is C16H20ClN3O3S2. The molecule has 1 N–H and O–H groups in total. The highest BCUT2D eigenvalue weighted by molar-refractivity contribution is 8.21. The molecule has 0 saturated carbocycles. The zero-order chi connectivity index (χ0) is 18.3. The number of halogens is 1. The molecule has 2 heterocycles. The Bertz CT molecular complexity index is 666. The highest BCUT2D eigenvalue weighted by Crippen LogP contribution is 2.51. The van der Waals surface area contributed by atoms with E-state index in [1.807, 2.05) is 24.7 Å². The predicted molar refractivity (Wildman–Crippen MR) is 103 cm³/mol. The first-order valence-electron chi connectivity index (χ1n) is 7.74. The lowest BCUT2D eigenvalue weighted by Gasteiger charge is -2.28. The number of nitrogens with zero attached hydrogens (tertiary/aromatic N) is 3. The monoisotopic (exact) mass is 401 g/mol. The number of benzene rings is 1. The van der Waals surface area contributed by atoms with E-state index >= 15 is 0 Å². The molecule has 2 atom stereocenters. The van der Waals surface area contributed by atoms with Gasteiger partial charge in [-0.25, -0.2) is 4.98 Å². The van der Waals surface area contributed by atoms with Gasteiger partial charge in [-0.05, 0) is 30.5 Å². The van der Waals surface area contributed by atoms with Gasteiger partial charge in [0.05, 0.1) is 10.4 Å². The fraction of sp³-hybridized carbons (Fsp3) is 0.438. The van der Waals surface area contributed by atoms with Gasteiger partial charge in [-0.1, -0.05) is 30.7 Å². The third kappa shape index (κ3) is 6.80. The molecule has 0 spiro atoms. The zero-order valence-corrected chi connectivity index (χ0v) is 16.1. The minimum atomic E-state index is -1.50. The third-order valence-corrected chi connectivity index (χ3v) is 7.65. The van der Waals surface area contributed by atoms with Crippen LogP contribution in [0, 0.1) is 10.1 Å². The van der Waals surface area contributed by atoms with Gasteiger partial charge >= 0.3 is 0 Å². The lowest BCUT2D eigenvalue weighted by Crippen LogP contribution is -2.25. The van der Waals surface area contributed by atoms with Gasteiger partial charge in [-0.15, -0.1) is 33.6 Å². The SMILES string of the molecule is CC1CSC(CCc2ccc(Cl)cc2)(Cn2ccnc2)S1.O=[N+]([O-])O. The fourth-order valence-corrected chi connectivity index (χ4v) is 6.41. The van der Waals surface area contributed by atoms with E-state index in [4.69, 9.17) is 26.9 Å². The molecule has 1 fully saturated rings. The van der Waals surface area contributed by atoms with E-state index in [0.29, 0.717) is 0 Å². The van der Waals surface area contributed by atoms with E-state index in [2.05, 4.69) is 58.3 Å². The lowest BCUT2D eigenvalue weighted by molar-refractivity contribution is -0.742. The Balaban J connectivity index is 0.000000511.